The third-order valence-electron chi connectivity index (χ3n) is 6.19. The number of nitrogens with one attached hydrogen (secondary N) is 1. The highest BCUT2D eigenvalue weighted by molar-refractivity contribution is 6.30. The van der Waals surface area contributed by atoms with Gasteiger partial charge < -0.3 is 10.1 Å². The van der Waals surface area contributed by atoms with Crippen LogP contribution in [0.3, 0.4) is 0 Å². The zero-order valence-corrected chi connectivity index (χ0v) is 18.0. The fraction of sp³-hybridized carbons (Fsp3) is 0.417. The molecule has 0 radical (unpaired) electrons. The molecule has 1 saturated heterocycles. The number of rotatable bonds is 6. The molecule has 2 aromatic carbocycles. The normalized spacial score (nSPS) is 20.4. The fourth-order valence-corrected chi connectivity index (χ4v) is 4.40. The monoisotopic (exact) mass is 426 g/mol. The topological polar surface area (TPSA) is 58.6 Å². The van der Waals surface area contributed by atoms with E-state index < -0.39 is 0 Å². The lowest BCUT2D eigenvalue weighted by molar-refractivity contribution is -0.129. The molecule has 1 N–H and O–H groups in total. The Bertz CT molecular complexity index is 907. The van der Waals surface area contributed by atoms with Gasteiger partial charge in [0.1, 0.15) is 0 Å². The summed E-state index contributed by atoms with van der Waals surface area (Å²) in [7, 11) is 1.37. The van der Waals surface area contributed by atoms with E-state index in [0.717, 1.165) is 55.8 Å². The molecule has 1 heterocycles. The lowest BCUT2D eigenvalue weighted by Crippen LogP contribution is -2.51. The van der Waals surface area contributed by atoms with Crippen molar-refractivity contribution in [1.82, 2.24) is 10.2 Å². The number of esters is 1. The maximum atomic E-state index is 13.3. The second kappa shape index (κ2) is 8.78. The number of halogens is 1. The number of nitrogens with zero attached hydrogens (tertiary/aromatic N) is 1. The van der Waals surface area contributed by atoms with Gasteiger partial charge in [0.2, 0.25) is 5.91 Å². The quantitative estimate of drug-likeness (QED) is 0.700. The van der Waals surface area contributed by atoms with Crippen molar-refractivity contribution < 1.29 is 14.3 Å². The van der Waals surface area contributed by atoms with Gasteiger partial charge in [-0.2, -0.15) is 0 Å². The average molecular weight is 427 g/mol. The van der Waals surface area contributed by atoms with Gasteiger partial charge >= 0.3 is 5.97 Å². The highest BCUT2D eigenvalue weighted by atomic mass is 35.5. The van der Waals surface area contributed by atoms with Crippen LogP contribution in [-0.2, 0) is 21.6 Å². The van der Waals surface area contributed by atoms with E-state index in [1.54, 1.807) is 12.1 Å². The predicted octanol–water partition coefficient (Wildman–Crippen LogP) is 4.29. The molecule has 1 aliphatic heterocycles. The highest BCUT2D eigenvalue weighted by Gasteiger charge is 2.47. The number of methoxy groups -OCH3 is 1. The predicted molar refractivity (Wildman–Crippen MR) is 116 cm³/mol. The van der Waals surface area contributed by atoms with Crippen LogP contribution < -0.4 is 5.32 Å². The molecule has 2 aliphatic rings. The SMILES string of the molecule is COC(=O)c1ccc(C2(NC(=O)[C@H]3CCCCN3Cc3ccc(Cl)cc3)CC2)cc1. The molecule has 6 heteroatoms. The van der Waals surface area contributed by atoms with Crippen molar-refractivity contribution in [2.75, 3.05) is 13.7 Å². The number of hydrogen-bond acceptors (Lipinski definition) is 4. The Balaban J connectivity index is 1.44. The summed E-state index contributed by atoms with van der Waals surface area (Å²) >= 11 is 6.00. The van der Waals surface area contributed by atoms with Crippen LogP contribution in [-0.4, -0.2) is 36.5 Å². The minimum Gasteiger partial charge on any atom is -0.465 e. The van der Waals surface area contributed by atoms with Crippen LogP contribution in [0, 0.1) is 0 Å². The number of carbonyl (C=O) groups is 2. The summed E-state index contributed by atoms with van der Waals surface area (Å²) in [5.41, 5.74) is 2.42. The average Bonchev–Trinajstić information content (AvgIpc) is 3.56. The zero-order chi connectivity index (χ0) is 21.1. The molecule has 4 rings (SSSR count). The van der Waals surface area contributed by atoms with Gasteiger partial charge in [0, 0.05) is 11.6 Å². The highest BCUT2D eigenvalue weighted by Crippen LogP contribution is 2.45. The second-order valence-electron chi connectivity index (χ2n) is 8.25. The molecule has 0 unspecified atom stereocenters. The number of hydrogen-bond donors (Lipinski definition) is 1. The fourth-order valence-electron chi connectivity index (χ4n) is 4.27. The van der Waals surface area contributed by atoms with Crippen molar-refractivity contribution in [2.24, 2.45) is 0 Å². The van der Waals surface area contributed by atoms with Gasteiger partial charge in [-0.25, -0.2) is 4.79 Å². The van der Waals surface area contributed by atoms with Crippen molar-refractivity contribution in [3.05, 3.63) is 70.2 Å². The lowest BCUT2D eigenvalue weighted by atomic mass is 9.98. The Morgan fingerprint density at radius 2 is 1.80 bits per heavy atom. The molecule has 2 fully saturated rings. The summed E-state index contributed by atoms with van der Waals surface area (Å²) in [6, 6.07) is 15.1. The summed E-state index contributed by atoms with van der Waals surface area (Å²) in [6.45, 7) is 1.66. The Hall–Kier alpha value is -2.37. The van der Waals surface area contributed by atoms with Gasteiger partial charge in [-0.05, 0) is 67.6 Å². The summed E-state index contributed by atoms with van der Waals surface area (Å²) in [5, 5.41) is 4.05. The van der Waals surface area contributed by atoms with Gasteiger partial charge in [0.25, 0.3) is 0 Å². The molecule has 1 atom stereocenters. The number of ether oxygens (including phenoxy) is 1. The molecule has 0 spiro atoms. The van der Waals surface area contributed by atoms with E-state index in [4.69, 9.17) is 16.3 Å². The summed E-state index contributed by atoms with van der Waals surface area (Å²) < 4.78 is 4.77. The van der Waals surface area contributed by atoms with E-state index in [0.29, 0.717) is 5.56 Å². The summed E-state index contributed by atoms with van der Waals surface area (Å²) in [6.07, 6.45) is 4.88. The molecular formula is C24H27ClN2O3. The van der Waals surface area contributed by atoms with Crippen LogP contribution in [0.2, 0.25) is 5.02 Å². The van der Waals surface area contributed by atoms with Crippen LogP contribution in [0.5, 0.6) is 0 Å². The van der Waals surface area contributed by atoms with Gasteiger partial charge in [0.15, 0.2) is 0 Å². The van der Waals surface area contributed by atoms with Crippen LogP contribution in [0.4, 0.5) is 0 Å². The standard InChI is InChI=1S/C24H27ClN2O3/c1-30-23(29)18-7-9-19(10-8-18)24(13-14-24)26-22(28)21-4-2-3-15-27(21)16-17-5-11-20(25)12-6-17/h5-12,21H,2-4,13-16H2,1H3,(H,26,28)/t21-/m1/s1. The van der Waals surface area contributed by atoms with Crippen LogP contribution in [0.15, 0.2) is 48.5 Å². The molecule has 5 nitrogen and oxygen atoms in total. The largest absolute Gasteiger partial charge is 0.465 e. The van der Waals surface area contributed by atoms with E-state index in [-0.39, 0.29) is 23.5 Å². The number of benzene rings is 2. The smallest absolute Gasteiger partial charge is 0.337 e. The molecule has 158 valence electrons. The molecule has 0 aromatic heterocycles. The van der Waals surface area contributed by atoms with Crippen LogP contribution in [0.25, 0.3) is 0 Å². The Morgan fingerprint density at radius 1 is 1.10 bits per heavy atom. The Morgan fingerprint density at radius 3 is 2.43 bits per heavy atom. The minimum atomic E-state index is -0.351. The lowest BCUT2D eigenvalue weighted by Gasteiger charge is -2.35. The van der Waals surface area contributed by atoms with E-state index in [9.17, 15) is 9.59 Å². The molecule has 1 aliphatic carbocycles. The molecule has 2 aromatic rings. The molecular weight excluding hydrogens is 400 g/mol. The van der Waals surface area contributed by atoms with Gasteiger partial charge in [-0.1, -0.05) is 42.3 Å². The third-order valence-corrected chi connectivity index (χ3v) is 6.44. The van der Waals surface area contributed by atoms with Crippen molar-refractivity contribution in [2.45, 2.75) is 50.2 Å². The molecule has 1 saturated carbocycles. The first-order valence-corrected chi connectivity index (χ1v) is 10.9. The van der Waals surface area contributed by atoms with Crippen LogP contribution >= 0.6 is 11.6 Å². The van der Waals surface area contributed by atoms with Crippen molar-refractivity contribution in [1.29, 1.82) is 0 Å². The first-order valence-electron chi connectivity index (χ1n) is 10.5. The maximum absolute atomic E-state index is 13.3. The van der Waals surface area contributed by atoms with Gasteiger partial charge in [0.05, 0.1) is 24.3 Å². The summed E-state index contributed by atoms with van der Waals surface area (Å²) in [5.74, 6) is -0.256. The number of piperidine rings is 1. The third kappa shape index (κ3) is 4.52. The van der Waals surface area contributed by atoms with E-state index in [1.807, 2.05) is 36.4 Å². The number of likely N-dealkylation sites (tertiary alicyclic amines) is 1. The molecule has 1 amide bonds. The van der Waals surface area contributed by atoms with Crippen LogP contribution in [0.1, 0.15) is 53.6 Å². The maximum Gasteiger partial charge on any atom is 0.337 e. The Kier molecular flexibility index (Phi) is 6.11. The van der Waals surface area contributed by atoms with Crippen molar-refractivity contribution in [3.8, 4) is 0 Å². The molecule has 30 heavy (non-hydrogen) atoms. The minimum absolute atomic E-state index is 0.0956. The first kappa shape index (κ1) is 20.9. The number of amides is 1. The molecule has 0 bridgehead atoms. The number of carbonyl (C=O) groups excluding carboxylic acids is 2. The Labute approximate surface area is 182 Å². The first-order chi connectivity index (χ1) is 14.5. The van der Waals surface area contributed by atoms with Crippen molar-refractivity contribution in [3.63, 3.8) is 0 Å². The van der Waals surface area contributed by atoms with Gasteiger partial charge in [-0.3, -0.25) is 9.69 Å². The van der Waals surface area contributed by atoms with E-state index in [1.165, 1.54) is 12.7 Å². The summed E-state index contributed by atoms with van der Waals surface area (Å²) in [4.78, 5) is 27.2. The van der Waals surface area contributed by atoms with Gasteiger partial charge in [-0.15, -0.1) is 0 Å². The van der Waals surface area contributed by atoms with E-state index >= 15 is 0 Å². The van der Waals surface area contributed by atoms with Crippen molar-refractivity contribution >= 4 is 23.5 Å². The second-order valence-corrected chi connectivity index (χ2v) is 8.69. The zero-order valence-electron chi connectivity index (χ0n) is 17.2. The van der Waals surface area contributed by atoms with E-state index in [2.05, 4.69) is 10.2 Å².